The van der Waals surface area contributed by atoms with E-state index in [1.165, 1.54) is 22.0 Å². The van der Waals surface area contributed by atoms with Crippen LogP contribution in [0.1, 0.15) is 17.0 Å². The van der Waals surface area contributed by atoms with Gasteiger partial charge >= 0.3 is 0 Å². The number of pyridine rings is 1. The third-order valence-electron chi connectivity index (χ3n) is 4.63. The van der Waals surface area contributed by atoms with Gasteiger partial charge in [0, 0.05) is 36.9 Å². The first-order valence-corrected chi connectivity index (χ1v) is 9.04. The monoisotopic (exact) mass is 361 g/mol. The first-order valence-electron chi connectivity index (χ1n) is 9.04. The number of hydrogen-bond donors (Lipinski definition) is 3. The number of aromatic amines is 1. The number of aromatic nitrogens is 4. The van der Waals surface area contributed by atoms with Crippen LogP contribution in [0.25, 0.3) is 16.6 Å². The Balaban J connectivity index is 1.34. The van der Waals surface area contributed by atoms with E-state index in [1.54, 1.807) is 7.05 Å². The highest BCUT2D eigenvalue weighted by Crippen LogP contribution is 2.19. The highest BCUT2D eigenvalue weighted by atomic mass is 15.3. The van der Waals surface area contributed by atoms with Crippen molar-refractivity contribution in [1.29, 1.82) is 0 Å². The van der Waals surface area contributed by atoms with Crippen molar-refractivity contribution in [1.82, 2.24) is 30.2 Å². The van der Waals surface area contributed by atoms with E-state index in [0.717, 1.165) is 30.4 Å². The molecular weight excluding hydrogens is 338 g/mol. The number of benzene rings is 1. The Hall–Kier alpha value is -3.35. The van der Waals surface area contributed by atoms with Gasteiger partial charge in [0.1, 0.15) is 0 Å². The second-order valence-electron chi connectivity index (χ2n) is 6.51. The lowest BCUT2D eigenvalue weighted by Gasteiger charge is -2.11. The maximum Gasteiger partial charge on any atom is 0.191 e. The zero-order chi connectivity index (χ0) is 18.6. The number of rotatable bonds is 5. The molecule has 3 N–H and O–H groups in total. The molecule has 4 aromatic rings. The van der Waals surface area contributed by atoms with Gasteiger partial charge in [0.25, 0.3) is 0 Å². The molecule has 0 amide bonds. The predicted octanol–water partition coefficient (Wildman–Crippen LogP) is 2.43. The zero-order valence-corrected chi connectivity index (χ0v) is 15.5. The van der Waals surface area contributed by atoms with Crippen molar-refractivity contribution in [3.63, 3.8) is 0 Å². The summed E-state index contributed by atoms with van der Waals surface area (Å²) in [6.45, 7) is 3.45. The molecule has 27 heavy (non-hydrogen) atoms. The molecule has 7 nitrogen and oxygen atoms in total. The third kappa shape index (κ3) is 3.62. The fraction of sp³-hybridized carbons (Fsp3) is 0.250. The number of fused-ring (bicyclic) bond motifs is 2. The Labute approximate surface area is 157 Å². The summed E-state index contributed by atoms with van der Waals surface area (Å²) in [6, 6.07) is 12.4. The molecular formula is C20H23N7. The second-order valence-corrected chi connectivity index (χ2v) is 6.51. The smallest absolute Gasteiger partial charge is 0.191 e. The van der Waals surface area contributed by atoms with Gasteiger partial charge < -0.3 is 15.6 Å². The minimum absolute atomic E-state index is 0.553. The van der Waals surface area contributed by atoms with Gasteiger partial charge in [-0.05, 0) is 42.7 Å². The number of hydrogen-bond acceptors (Lipinski definition) is 3. The van der Waals surface area contributed by atoms with Gasteiger partial charge in [-0.2, -0.15) is 0 Å². The van der Waals surface area contributed by atoms with Gasteiger partial charge in [0.2, 0.25) is 0 Å². The lowest BCUT2D eigenvalue weighted by Crippen LogP contribution is -2.38. The molecule has 0 aliphatic carbocycles. The Morgan fingerprint density at radius 1 is 1.19 bits per heavy atom. The molecule has 0 radical (unpaired) electrons. The van der Waals surface area contributed by atoms with Crippen molar-refractivity contribution >= 4 is 22.5 Å². The van der Waals surface area contributed by atoms with E-state index in [1.807, 2.05) is 28.8 Å². The average Bonchev–Trinajstić information content (AvgIpc) is 3.28. The van der Waals surface area contributed by atoms with Crippen LogP contribution in [0.2, 0.25) is 0 Å². The number of guanidine groups is 1. The van der Waals surface area contributed by atoms with Crippen molar-refractivity contribution in [3.8, 4) is 0 Å². The van der Waals surface area contributed by atoms with E-state index in [2.05, 4.69) is 62.1 Å². The summed E-state index contributed by atoms with van der Waals surface area (Å²) in [5.41, 5.74) is 4.59. The molecule has 3 aromatic heterocycles. The number of H-pyrrole nitrogens is 1. The van der Waals surface area contributed by atoms with Crippen LogP contribution in [-0.2, 0) is 13.0 Å². The molecule has 0 unspecified atom stereocenters. The maximum atomic E-state index is 4.29. The van der Waals surface area contributed by atoms with Crippen molar-refractivity contribution in [3.05, 3.63) is 65.7 Å². The van der Waals surface area contributed by atoms with E-state index < -0.39 is 0 Å². The van der Waals surface area contributed by atoms with Gasteiger partial charge in [0.05, 0.1) is 6.54 Å². The number of nitrogens with zero attached hydrogens (tertiary/aromatic N) is 4. The largest absolute Gasteiger partial charge is 0.361 e. The number of nitrogens with one attached hydrogen (secondary N) is 3. The van der Waals surface area contributed by atoms with E-state index in [4.69, 9.17) is 0 Å². The average molecular weight is 361 g/mol. The first-order chi connectivity index (χ1) is 13.2. The van der Waals surface area contributed by atoms with Crippen molar-refractivity contribution in [2.75, 3.05) is 13.6 Å². The van der Waals surface area contributed by atoms with Crippen LogP contribution in [0.3, 0.4) is 0 Å². The third-order valence-corrected chi connectivity index (χ3v) is 4.63. The van der Waals surface area contributed by atoms with Crippen LogP contribution in [-0.4, -0.2) is 39.1 Å². The van der Waals surface area contributed by atoms with Crippen LogP contribution >= 0.6 is 0 Å². The van der Waals surface area contributed by atoms with Crippen LogP contribution in [0.15, 0.2) is 53.8 Å². The summed E-state index contributed by atoms with van der Waals surface area (Å²) in [5, 5.41) is 16.3. The molecule has 0 bridgehead atoms. The van der Waals surface area contributed by atoms with E-state index in [0.29, 0.717) is 6.54 Å². The van der Waals surface area contributed by atoms with Crippen molar-refractivity contribution < 1.29 is 0 Å². The fourth-order valence-electron chi connectivity index (χ4n) is 3.22. The Morgan fingerprint density at radius 3 is 3.00 bits per heavy atom. The Kier molecular flexibility index (Phi) is 4.74. The molecule has 1 aromatic carbocycles. The van der Waals surface area contributed by atoms with E-state index >= 15 is 0 Å². The summed E-state index contributed by atoms with van der Waals surface area (Å²) in [6.07, 6.45) is 4.96. The van der Waals surface area contributed by atoms with Crippen LogP contribution in [0, 0.1) is 6.92 Å². The summed E-state index contributed by atoms with van der Waals surface area (Å²) in [5.74, 6) is 1.60. The highest BCUT2D eigenvalue weighted by Gasteiger charge is 2.07. The van der Waals surface area contributed by atoms with Crippen molar-refractivity contribution in [2.45, 2.75) is 19.9 Å². The van der Waals surface area contributed by atoms with Crippen LogP contribution in [0.5, 0.6) is 0 Å². The highest BCUT2D eigenvalue weighted by molar-refractivity contribution is 5.84. The molecule has 0 fully saturated rings. The van der Waals surface area contributed by atoms with Gasteiger partial charge in [-0.3, -0.25) is 9.39 Å². The molecule has 3 heterocycles. The quantitative estimate of drug-likeness (QED) is 0.377. The SMILES string of the molecule is CN=C(NCCc1c[nH]c2cc(C)ccc12)NCc1nnc2ccccn12. The summed E-state index contributed by atoms with van der Waals surface area (Å²) >= 11 is 0. The molecule has 138 valence electrons. The molecule has 0 aliphatic heterocycles. The predicted molar refractivity (Wildman–Crippen MR) is 108 cm³/mol. The van der Waals surface area contributed by atoms with Gasteiger partial charge in [-0.15, -0.1) is 10.2 Å². The minimum atomic E-state index is 0.553. The van der Waals surface area contributed by atoms with Crippen LogP contribution in [0.4, 0.5) is 0 Å². The second kappa shape index (κ2) is 7.49. The van der Waals surface area contributed by atoms with E-state index in [-0.39, 0.29) is 0 Å². The molecule has 0 saturated carbocycles. The van der Waals surface area contributed by atoms with Crippen LogP contribution < -0.4 is 10.6 Å². The summed E-state index contributed by atoms with van der Waals surface area (Å²) in [4.78, 5) is 7.64. The molecule has 4 rings (SSSR count). The van der Waals surface area contributed by atoms with Crippen molar-refractivity contribution in [2.24, 2.45) is 4.99 Å². The summed E-state index contributed by atoms with van der Waals surface area (Å²) < 4.78 is 1.97. The molecule has 0 saturated heterocycles. The van der Waals surface area contributed by atoms with E-state index in [9.17, 15) is 0 Å². The van der Waals surface area contributed by atoms with Gasteiger partial charge in [-0.1, -0.05) is 18.2 Å². The standard InChI is InChI=1S/C20H23N7/c1-14-6-7-16-15(12-23-17(16)11-14)8-9-22-20(21-2)24-13-19-26-25-18-5-3-4-10-27(18)19/h3-7,10-12,23H,8-9,13H2,1-2H3,(H2,21,22,24). The number of aryl methyl sites for hydroxylation is 1. The zero-order valence-electron chi connectivity index (χ0n) is 15.5. The lowest BCUT2D eigenvalue weighted by atomic mass is 10.1. The maximum absolute atomic E-state index is 4.29. The minimum Gasteiger partial charge on any atom is -0.361 e. The Morgan fingerprint density at radius 2 is 2.11 bits per heavy atom. The Bertz CT molecular complexity index is 1090. The normalized spacial score (nSPS) is 12.0. The topological polar surface area (TPSA) is 82.4 Å². The molecule has 0 atom stereocenters. The lowest BCUT2D eigenvalue weighted by molar-refractivity contribution is 0.758. The summed E-state index contributed by atoms with van der Waals surface area (Å²) in [7, 11) is 1.77. The molecule has 0 spiro atoms. The fourth-order valence-corrected chi connectivity index (χ4v) is 3.22. The first kappa shape index (κ1) is 17.1. The van der Waals surface area contributed by atoms with Gasteiger partial charge in [0.15, 0.2) is 17.4 Å². The van der Waals surface area contributed by atoms with Gasteiger partial charge in [-0.25, -0.2) is 0 Å². The molecule has 7 heteroatoms. The molecule has 0 aliphatic rings. The number of aliphatic imine (C=N–C) groups is 1.